The molecule has 104 valence electrons. The number of rotatable bonds is 4. The van der Waals surface area contributed by atoms with Gasteiger partial charge in [0.15, 0.2) is 5.69 Å². The second kappa shape index (κ2) is 6.07. The lowest BCUT2D eigenvalue weighted by Crippen LogP contribution is -2.09. The number of aromatic nitrogens is 2. The number of nitrogens with zero attached hydrogens (tertiary/aromatic N) is 2. The van der Waals surface area contributed by atoms with Crippen molar-refractivity contribution in [1.29, 1.82) is 0 Å². The predicted octanol–water partition coefficient (Wildman–Crippen LogP) is 3.40. The Morgan fingerprint density at radius 3 is 2.70 bits per heavy atom. The third kappa shape index (κ3) is 3.18. The first kappa shape index (κ1) is 14.6. The molecule has 20 heavy (non-hydrogen) atoms. The first-order chi connectivity index (χ1) is 9.49. The summed E-state index contributed by atoms with van der Waals surface area (Å²) in [6.45, 7) is 2.11. The maximum atomic E-state index is 11.0. The molecule has 0 atom stereocenters. The summed E-state index contributed by atoms with van der Waals surface area (Å²) in [6, 6.07) is 5.28. The Morgan fingerprint density at radius 2 is 2.05 bits per heavy atom. The Balaban J connectivity index is 2.17. The Morgan fingerprint density at radius 1 is 1.30 bits per heavy atom. The quantitative estimate of drug-likeness (QED) is 0.905. The molecule has 0 saturated carbocycles. The topological polar surface area (TPSA) is 75.1 Å². The van der Waals surface area contributed by atoms with Gasteiger partial charge in [0.25, 0.3) is 0 Å². The van der Waals surface area contributed by atoms with Gasteiger partial charge in [0.05, 0.1) is 10.0 Å². The molecule has 1 aromatic heterocycles. The van der Waals surface area contributed by atoms with E-state index in [9.17, 15) is 4.79 Å². The lowest BCUT2D eigenvalue weighted by atomic mass is 10.2. The van der Waals surface area contributed by atoms with Crippen LogP contribution in [-0.4, -0.2) is 21.0 Å². The second-order valence-electron chi connectivity index (χ2n) is 4.10. The molecular weight excluding hydrogens is 301 g/mol. The van der Waals surface area contributed by atoms with Gasteiger partial charge in [-0.2, -0.15) is 0 Å². The van der Waals surface area contributed by atoms with E-state index in [1.807, 2.05) is 6.07 Å². The molecule has 7 heteroatoms. The smallest absolute Gasteiger partial charge is 0.354 e. The van der Waals surface area contributed by atoms with Crippen LogP contribution in [0.2, 0.25) is 10.0 Å². The van der Waals surface area contributed by atoms with Crippen LogP contribution in [0.3, 0.4) is 0 Å². The lowest BCUT2D eigenvalue weighted by Gasteiger charge is -2.10. The molecule has 2 N–H and O–H groups in total. The highest BCUT2D eigenvalue weighted by Gasteiger charge is 2.12. The third-order valence-corrected chi connectivity index (χ3v) is 3.47. The van der Waals surface area contributed by atoms with E-state index in [4.69, 9.17) is 28.3 Å². The molecule has 0 bridgehead atoms. The maximum Gasteiger partial charge on any atom is 0.354 e. The van der Waals surface area contributed by atoms with E-state index in [2.05, 4.69) is 15.3 Å². The summed E-state index contributed by atoms with van der Waals surface area (Å²) < 4.78 is 0. The number of carbonyl (C=O) groups is 1. The van der Waals surface area contributed by atoms with Crippen LogP contribution in [0.4, 0.5) is 5.82 Å². The van der Waals surface area contributed by atoms with Gasteiger partial charge in [0.1, 0.15) is 12.1 Å². The van der Waals surface area contributed by atoms with Crippen molar-refractivity contribution in [3.63, 3.8) is 0 Å². The predicted molar refractivity (Wildman–Crippen MR) is 77.5 cm³/mol. The van der Waals surface area contributed by atoms with Gasteiger partial charge in [-0.3, -0.25) is 0 Å². The molecule has 0 radical (unpaired) electrons. The van der Waals surface area contributed by atoms with E-state index in [1.165, 1.54) is 6.33 Å². The molecule has 0 spiro atoms. The number of halogens is 2. The molecule has 0 aliphatic carbocycles. The monoisotopic (exact) mass is 311 g/mol. The molecule has 2 aromatic rings. The van der Waals surface area contributed by atoms with Crippen LogP contribution in [0.15, 0.2) is 24.5 Å². The molecule has 5 nitrogen and oxygen atoms in total. The van der Waals surface area contributed by atoms with E-state index < -0.39 is 5.97 Å². The molecule has 0 fully saturated rings. The summed E-state index contributed by atoms with van der Waals surface area (Å²) in [5.41, 5.74) is 1.38. The first-order valence-electron chi connectivity index (χ1n) is 5.71. The molecule has 1 aromatic carbocycles. The summed E-state index contributed by atoms with van der Waals surface area (Å²) in [6.07, 6.45) is 1.22. The summed E-state index contributed by atoms with van der Waals surface area (Å²) in [5.74, 6) is -0.606. The molecule has 1 heterocycles. The number of nitrogens with one attached hydrogen (secondary N) is 1. The zero-order chi connectivity index (χ0) is 14.7. The van der Waals surface area contributed by atoms with Crippen LogP contribution in [-0.2, 0) is 6.54 Å². The third-order valence-electron chi connectivity index (χ3n) is 2.73. The molecule has 0 aliphatic rings. The SMILES string of the molecule is Cc1c(NCc2ccc(Cl)c(Cl)c2)ncnc1C(=O)O. The van der Waals surface area contributed by atoms with Crippen molar-refractivity contribution in [3.8, 4) is 0 Å². The van der Waals surface area contributed by atoms with Crippen molar-refractivity contribution < 1.29 is 9.90 Å². The van der Waals surface area contributed by atoms with Gasteiger partial charge in [0.2, 0.25) is 0 Å². The molecule has 2 rings (SSSR count). The number of carboxylic acid groups (broad SMARTS) is 1. The van der Waals surface area contributed by atoms with E-state index >= 15 is 0 Å². The van der Waals surface area contributed by atoms with Gasteiger partial charge in [-0.15, -0.1) is 0 Å². The molecule has 0 unspecified atom stereocenters. The minimum Gasteiger partial charge on any atom is -0.476 e. The van der Waals surface area contributed by atoms with Crippen LogP contribution in [0, 0.1) is 6.92 Å². The standard InChI is InChI=1S/C13H11Cl2N3O2/c1-7-11(13(19)20)17-6-18-12(7)16-5-8-2-3-9(14)10(15)4-8/h2-4,6H,5H2,1H3,(H,19,20)(H,16,17,18). The van der Waals surface area contributed by atoms with Gasteiger partial charge in [0, 0.05) is 12.1 Å². The molecule has 0 saturated heterocycles. The van der Waals surface area contributed by atoms with Crippen molar-refractivity contribution in [1.82, 2.24) is 9.97 Å². The fourth-order valence-corrected chi connectivity index (χ4v) is 2.00. The molecular formula is C13H11Cl2N3O2. The number of hydrogen-bond donors (Lipinski definition) is 2. The van der Waals surface area contributed by atoms with Crippen molar-refractivity contribution in [2.45, 2.75) is 13.5 Å². The van der Waals surface area contributed by atoms with Crippen LogP contribution >= 0.6 is 23.2 Å². The van der Waals surface area contributed by atoms with Gasteiger partial charge in [-0.05, 0) is 24.6 Å². The maximum absolute atomic E-state index is 11.0. The fraction of sp³-hybridized carbons (Fsp3) is 0.154. The van der Waals surface area contributed by atoms with Gasteiger partial charge in [-0.1, -0.05) is 29.3 Å². The number of aromatic carboxylic acids is 1. The lowest BCUT2D eigenvalue weighted by molar-refractivity contribution is 0.0689. The van der Waals surface area contributed by atoms with Crippen molar-refractivity contribution in [2.24, 2.45) is 0 Å². The summed E-state index contributed by atoms with van der Waals surface area (Å²) >= 11 is 11.8. The van der Waals surface area contributed by atoms with Crippen LogP contribution in [0.5, 0.6) is 0 Å². The van der Waals surface area contributed by atoms with E-state index in [-0.39, 0.29) is 5.69 Å². The second-order valence-corrected chi connectivity index (χ2v) is 4.92. The number of carboxylic acids is 1. The van der Waals surface area contributed by atoms with Crippen LogP contribution < -0.4 is 5.32 Å². The Labute approximate surface area is 125 Å². The van der Waals surface area contributed by atoms with Crippen molar-refractivity contribution >= 4 is 35.0 Å². The van der Waals surface area contributed by atoms with Crippen LogP contribution in [0.1, 0.15) is 21.6 Å². The van der Waals surface area contributed by atoms with Gasteiger partial charge >= 0.3 is 5.97 Å². The average Bonchev–Trinajstić information content (AvgIpc) is 2.41. The Hall–Kier alpha value is -1.85. The number of hydrogen-bond acceptors (Lipinski definition) is 4. The summed E-state index contributed by atoms with van der Waals surface area (Å²) in [7, 11) is 0. The zero-order valence-electron chi connectivity index (χ0n) is 10.5. The molecule has 0 amide bonds. The summed E-state index contributed by atoms with van der Waals surface area (Å²) in [4.78, 5) is 18.7. The van der Waals surface area contributed by atoms with E-state index in [0.29, 0.717) is 28.0 Å². The number of anilines is 1. The first-order valence-corrected chi connectivity index (χ1v) is 6.47. The van der Waals surface area contributed by atoms with Crippen LogP contribution in [0.25, 0.3) is 0 Å². The zero-order valence-corrected chi connectivity index (χ0v) is 12.0. The Kier molecular flexibility index (Phi) is 4.42. The molecule has 0 aliphatic heterocycles. The highest BCUT2D eigenvalue weighted by Crippen LogP contribution is 2.23. The van der Waals surface area contributed by atoms with E-state index in [1.54, 1.807) is 19.1 Å². The average molecular weight is 312 g/mol. The normalized spacial score (nSPS) is 10.3. The highest BCUT2D eigenvalue weighted by molar-refractivity contribution is 6.42. The highest BCUT2D eigenvalue weighted by atomic mass is 35.5. The largest absolute Gasteiger partial charge is 0.476 e. The van der Waals surface area contributed by atoms with Crippen molar-refractivity contribution in [3.05, 3.63) is 51.4 Å². The fourth-order valence-electron chi connectivity index (χ4n) is 1.68. The minimum atomic E-state index is -1.08. The summed E-state index contributed by atoms with van der Waals surface area (Å²) in [5, 5.41) is 13.0. The minimum absolute atomic E-state index is 0.0170. The van der Waals surface area contributed by atoms with Crippen molar-refractivity contribution in [2.75, 3.05) is 5.32 Å². The number of benzene rings is 1. The van der Waals surface area contributed by atoms with E-state index in [0.717, 1.165) is 5.56 Å². The van der Waals surface area contributed by atoms with Gasteiger partial charge in [-0.25, -0.2) is 14.8 Å². The Bertz CT molecular complexity index is 662. The van der Waals surface area contributed by atoms with Gasteiger partial charge < -0.3 is 10.4 Å².